The van der Waals surface area contributed by atoms with Gasteiger partial charge in [0, 0.05) is 30.9 Å². The Bertz CT molecular complexity index is 558. The number of nitro benzene ring substituents is 1. The number of aliphatic carboxylic acids is 1. The van der Waals surface area contributed by atoms with Crippen LogP contribution in [0.15, 0.2) is 18.2 Å². The Labute approximate surface area is 117 Å². The molecule has 1 atom stereocenters. The molecular weight excluding hydrogens is 260 g/mol. The average Bonchev–Trinajstić information content (AvgIpc) is 2.83. The molecule has 0 bridgehead atoms. The van der Waals surface area contributed by atoms with Crippen LogP contribution in [0.1, 0.15) is 25.3 Å². The van der Waals surface area contributed by atoms with Gasteiger partial charge in [0.2, 0.25) is 0 Å². The highest BCUT2D eigenvalue weighted by molar-refractivity contribution is 5.77. The number of nitrogens with zero attached hydrogens (tertiary/aromatic N) is 2. The number of benzene rings is 1. The van der Waals surface area contributed by atoms with Crippen molar-refractivity contribution in [3.63, 3.8) is 0 Å². The number of anilines is 1. The van der Waals surface area contributed by atoms with Crippen LogP contribution in [0.5, 0.6) is 0 Å². The Morgan fingerprint density at radius 3 is 2.70 bits per heavy atom. The highest BCUT2D eigenvalue weighted by Gasteiger charge is 2.43. The standard InChI is InChI=1S/C14H18N2O4/c1-3-14(13(17)18)4-5-15(9-14)11-6-10(2)7-12(8-11)16(19)20/h6-8H,3-5,9H2,1-2H3,(H,17,18). The molecule has 1 aromatic carbocycles. The van der Waals surface area contributed by atoms with Crippen molar-refractivity contribution in [3.8, 4) is 0 Å². The maximum absolute atomic E-state index is 11.4. The molecule has 0 spiro atoms. The summed E-state index contributed by atoms with van der Waals surface area (Å²) in [5, 5.41) is 20.3. The second kappa shape index (κ2) is 5.11. The van der Waals surface area contributed by atoms with Crippen molar-refractivity contribution in [1.29, 1.82) is 0 Å². The zero-order chi connectivity index (χ0) is 14.9. The van der Waals surface area contributed by atoms with Gasteiger partial charge in [-0.25, -0.2) is 0 Å². The summed E-state index contributed by atoms with van der Waals surface area (Å²) in [5.41, 5.74) is 0.842. The van der Waals surface area contributed by atoms with Crippen LogP contribution in [0, 0.1) is 22.5 Å². The predicted octanol–water partition coefficient (Wildman–Crippen LogP) is 2.59. The molecule has 1 aromatic rings. The van der Waals surface area contributed by atoms with Crippen molar-refractivity contribution in [3.05, 3.63) is 33.9 Å². The third kappa shape index (κ3) is 2.45. The Morgan fingerprint density at radius 2 is 2.20 bits per heavy atom. The van der Waals surface area contributed by atoms with E-state index in [1.54, 1.807) is 6.92 Å². The molecule has 1 aliphatic heterocycles. The number of aryl methyl sites for hydroxylation is 1. The molecule has 0 radical (unpaired) electrons. The minimum absolute atomic E-state index is 0.0457. The van der Waals surface area contributed by atoms with Crippen LogP contribution in [0.3, 0.4) is 0 Å². The van der Waals surface area contributed by atoms with E-state index in [0.29, 0.717) is 25.9 Å². The molecule has 0 aromatic heterocycles. The summed E-state index contributed by atoms with van der Waals surface area (Å²) in [6.45, 7) is 4.69. The number of carboxylic acids is 1. The van der Waals surface area contributed by atoms with Gasteiger partial charge in [-0.1, -0.05) is 6.92 Å². The van der Waals surface area contributed by atoms with Crippen LogP contribution in [0.2, 0.25) is 0 Å². The molecule has 1 saturated heterocycles. The van der Waals surface area contributed by atoms with E-state index < -0.39 is 16.3 Å². The molecule has 6 heteroatoms. The number of carboxylic acid groups (broad SMARTS) is 1. The van der Waals surface area contributed by atoms with Crippen LogP contribution in [0.25, 0.3) is 0 Å². The molecule has 0 amide bonds. The van der Waals surface area contributed by atoms with Crippen molar-refractivity contribution in [2.75, 3.05) is 18.0 Å². The van der Waals surface area contributed by atoms with Crippen molar-refractivity contribution in [2.24, 2.45) is 5.41 Å². The first-order valence-electron chi connectivity index (χ1n) is 6.62. The van der Waals surface area contributed by atoms with Crippen LogP contribution in [0.4, 0.5) is 11.4 Å². The Hall–Kier alpha value is -2.11. The van der Waals surface area contributed by atoms with E-state index in [2.05, 4.69) is 0 Å². The molecular formula is C14H18N2O4. The summed E-state index contributed by atoms with van der Waals surface area (Å²) in [6, 6.07) is 4.89. The molecule has 20 heavy (non-hydrogen) atoms. The quantitative estimate of drug-likeness (QED) is 0.676. The van der Waals surface area contributed by atoms with E-state index in [0.717, 1.165) is 11.3 Å². The van der Waals surface area contributed by atoms with Gasteiger partial charge in [0.05, 0.1) is 10.3 Å². The number of rotatable bonds is 4. The fraction of sp³-hybridized carbons (Fsp3) is 0.500. The third-order valence-electron chi connectivity index (χ3n) is 4.11. The molecule has 1 N–H and O–H groups in total. The largest absolute Gasteiger partial charge is 0.481 e. The number of carbonyl (C=O) groups is 1. The smallest absolute Gasteiger partial charge is 0.311 e. The minimum atomic E-state index is -0.787. The lowest BCUT2D eigenvalue weighted by Crippen LogP contribution is -2.34. The molecule has 108 valence electrons. The maximum atomic E-state index is 11.4. The van der Waals surface area contributed by atoms with E-state index in [-0.39, 0.29) is 5.69 Å². The molecule has 0 aliphatic carbocycles. The Morgan fingerprint density at radius 1 is 1.50 bits per heavy atom. The topological polar surface area (TPSA) is 83.7 Å². The summed E-state index contributed by atoms with van der Waals surface area (Å²) in [4.78, 5) is 23.9. The van der Waals surface area contributed by atoms with E-state index in [4.69, 9.17) is 0 Å². The average molecular weight is 278 g/mol. The highest BCUT2D eigenvalue weighted by Crippen LogP contribution is 2.37. The summed E-state index contributed by atoms with van der Waals surface area (Å²) >= 11 is 0. The van der Waals surface area contributed by atoms with Crippen LogP contribution in [-0.2, 0) is 4.79 Å². The molecule has 6 nitrogen and oxygen atoms in total. The molecule has 1 fully saturated rings. The summed E-state index contributed by atoms with van der Waals surface area (Å²) in [6.07, 6.45) is 1.13. The number of nitro groups is 1. The third-order valence-corrected chi connectivity index (χ3v) is 4.11. The Balaban J connectivity index is 2.30. The van der Waals surface area contributed by atoms with E-state index in [9.17, 15) is 20.0 Å². The van der Waals surface area contributed by atoms with Gasteiger partial charge in [-0.05, 0) is 31.4 Å². The Kier molecular flexibility index (Phi) is 3.65. The van der Waals surface area contributed by atoms with Gasteiger partial charge in [-0.3, -0.25) is 14.9 Å². The van der Waals surface area contributed by atoms with Gasteiger partial charge in [0.15, 0.2) is 0 Å². The van der Waals surface area contributed by atoms with Gasteiger partial charge in [-0.2, -0.15) is 0 Å². The molecule has 1 heterocycles. The molecule has 0 saturated carbocycles. The summed E-state index contributed by atoms with van der Waals surface area (Å²) in [7, 11) is 0. The van der Waals surface area contributed by atoms with Crippen molar-refractivity contribution in [1.82, 2.24) is 0 Å². The number of hydrogen-bond acceptors (Lipinski definition) is 4. The zero-order valence-electron chi connectivity index (χ0n) is 11.6. The van der Waals surface area contributed by atoms with Crippen molar-refractivity contribution in [2.45, 2.75) is 26.7 Å². The monoisotopic (exact) mass is 278 g/mol. The molecule has 2 rings (SSSR count). The van der Waals surface area contributed by atoms with Gasteiger partial charge in [-0.15, -0.1) is 0 Å². The van der Waals surface area contributed by atoms with Crippen LogP contribution >= 0.6 is 0 Å². The van der Waals surface area contributed by atoms with Gasteiger partial charge in [0.1, 0.15) is 0 Å². The lowest BCUT2D eigenvalue weighted by molar-refractivity contribution is -0.384. The van der Waals surface area contributed by atoms with Gasteiger partial charge >= 0.3 is 5.97 Å². The van der Waals surface area contributed by atoms with Crippen LogP contribution < -0.4 is 4.90 Å². The number of non-ortho nitro benzene ring substituents is 1. The molecule has 1 unspecified atom stereocenters. The van der Waals surface area contributed by atoms with Gasteiger partial charge < -0.3 is 10.0 Å². The highest BCUT2D eigenvalue weighted by atomic mass is 16.6. The fourth-order valence-corrected chi connectivity index (χ4v) is 2.74. The summed E-state index contributed by atoms with van der Waals surface area (Å²) in [5.74, 6) is -0.787. The minimum Gasteiger partial charge on any atom is -0.481 e. The zero-order valence-corrected chi connectivity index (χ0v) is 11.6. The lowest BCUT2D eigenvalue weighted by Gasteiger charge is -2.24. The van der Waals surface area contributed by atoms with Crippen molar-refractivity contribution < 1.29 is 14.8 Å². The normalized spacial score (nSPS) is 22.0. The first-order valence-corrected chi connectivity index (χ1v) is 6.62. The maximum Gasteiger partial charge on any atom is 0.311 e. The van der Waals surface area contributed by atoms with Crippen molar-refractivity contribution >= 4 is 17.3 Å². The summed E-state index contributed by atoms with van der Waals surface area (Å²) < 4.78 is 0. The lowest BCUT2D eigenvalue weighted by atomic mass is 9.84. The fourth-order valence-electron chi connectivity index (χ4n) is 2.74. The molecule has 1 aliphatic rings. The van der Waals surface area contributed by atoms with Crippen LogP contribution in [-0.4, -0.2) is 29.1 Å². The first kappa shape index (κ1) is 14.3. The second-order valence-electron chi connectivity index (χ2n) is 5.39. The first-order chi connectivity index (χ1) is 9.38. The van der Waals surface area contributed by atoms with Gasteiger partial charge in [0.25, 0.3) is 5.69 Å². The van der Waals surface area contributed by atoms with E-state index in [1.807, 2.05) is 17.9 Å². The SMILES string of the molecule is CCC1(C(=O)O)CCN(c2cc(C)cc([N+](=O)[O-])c2)C1. The predicted molar refractivity (Wildman–Crippen MR) is 75.0 cm³/mol. The van der Waals surface area contributed by atoms with E-state index >= 15 is 0 Å². The van der Waals surface area contributed by atoms with E-state index in [1.165, 1.54) is 12.1 Å². The second-order valence-corrected chi connectivity index (χ2v) is 5.39. The number of hydrogen-bond donors (Lipinski definition) is 1.